The van der Waals surface area contributed by atoms with Crippen LogP contribution >= 0.6 is 0 Å². The third-order valence-corrected chi connectivity index (χ3v) is 2.89. The Kier molecular flexibility index (Phi) is 4.01. The van der Waals surface area contributed by atoms with Crippen LogP contribution in [0.15, 0.2) is 24.3 Å². The lowest BCUT2D eigenvalue weighted by atomic mass is 10.1. The number of nitrogens with zero attached hydrogens (tertiary/aromatic N) is 1. The maximum atomic E-state index is 12.1. The Bertz CT molecular complexity index is 611. The van der Waals surface area contributed by atoms with Crippen molar-refractivity contribution in [2.75, 3.05) is 19.0 Å². The van der Waals surface area contributed by atoms with E-state index in [-0.39, 0.29) is 5.75 Å². The summed E-state index contributed by atoms with van der Waals surface area (Å²) in [5.74, 6) is 0.972. The van der Waals surface area contributed by atoms with Crippen LogP contribution in [0, 0.1) is 0 Å². The van der Waals surface area contributed by atoms with Gasteiger partial charge in [-0.05, 0) is 36.2 Å². The molecule has 1 N–H and O–H groups in total. The zero-order valence-corrected chi connectivity index (χ0v) is 11.2. The summed E-state index contributed by atoms with van der Waals surface area (Å²) in [7, 11) is 1.79. The molecule has 1 aromatic heterocycles. The quantitative estimate of drug-likeness (QED) is 0.927. The smallest absolute Gasteiger partial charge is 0.422 e. The molecule has 0 unspecified atom stereocenters. The number of aromatic nitrogens is 1. The summed E-state index contributed by atoms with van der Waals surface area (Å²) >= 11 is 0. The SMILES string of the molecule is CCc1cc2cc(OCC(F)(F)F)ccc2nc1NC. The van der Waals surface area contributed by atoms with Crippen molar-refractivity contribution in [3.05, 3.63) is 29.8 Å². The van der Waals surface area contributed by atoms with Gasteiger partial charge in [0.1, 0.15) is 11.6 Å². The van der Waals surface area contributed by atoms with Gasteiger partial charge in [-0.1, -0.05) is 6.92 Å². The molecule has 2 rings (SSSR count). The topological polar surface area (TPSA) is 34.1 Å². The van der Waals surface area contributed by atoms with Crippen LogP contribution in [-0.4, -0.2) is 24.8 Å². The van der Waals surface area contributed by atoms with E-state index in [1.165, 1.54) is 6.07 Å². The van der Waals surface area contributed by atoms with Crippen LogP contribution in [0.1, 0.15) is 12.5 Å². The van der Waals surface area contributed by atoms with Crippen molar-refractivity contribution in [1.82, 2.24) is 4.98 Å². The molecule has 3 nitrogen and oxygen atoms in total. The van der Waals surface area contributed by atoms with Crippen LogP contribution < -0.4 is 10.1 Å². The molecule has 0 bridgehead atoms. The second-order valence-electron chi connectivity index (χ2n) is 4.36. The number of hydrogen-bond donors (Lipinski definition) is 1. The molecule has 20 heavy (non-hydrogen) atoms. The van der Waals surface area contributed by atoms with Gasteiger partial charge in [0.25, 0.3) is 0 Å². The Balaban J connectivity index is 2.33. The van der Waals surface area contributed by atoms with Crippen molar-refractivity contribution < 1.29 is 17.9 Å². The van der Waals surface area contributed by atoms with Gasteiger partial charge in [0.15, 0.2) is 6.61 Å². The van der Waals surface area contributed by atoms with E-state index < -0.39 is 12.8 Å². The number of anilines is 1. The van der Waals surface area contributed by atoms with Crippen LogP contribution in [0.25, 0.3) is 10.9 Å². The first-order valence-electron chi connectivity index (χ1n) is 6.24. The Morgan fingerprint density at radius 3 is 2.60 bits per heavy atom. The summed E-state index contributed by atoms with van der Waals surface area (Å²) in [4.78, 5) is 4.43. The number of pyridine rings is 1. The minimum absolute atomic E-state index is 0.191. The molecule has 0 saturated heterocycles. The van der Waals surface area contributed by atoms with Crippen LogP contribution in [-0.2, 0) is 6.42 Å². The number of aryl methyl sites for hydroxylation is 1. The first-order valence-corrected chi connectivity index (χ1v) is 6.24. The molecule has 0 spiro atoms. The van der Waals surface area contributed by atoms with Crippen molar-refractivity contribution in [1.29, 1.82) is 0 Å². The molecular formula is C14H15F3N2O. The molecule has 0 atom stereocenters. The predicted octanol–water partition coefficient (Wildman–Crippen LogP) is 3.78. The summed E-state index contributed by atoms with van der Waals surface area (Å²) in [6.07, 6.45) is -3.55. The highest BCUT2D eigenvalue weighted by molar-refractivity contribution is 5.83. The number of halogens is 3. The fourth-order valence-corrected chi connectivity index (χ4v) is 1.94. The molecule has 1 heterocycles. The number of ether oxygens (including phenoxy) is 1. The number of fused-ring (bicyclic) bond motifs is 1. The van der Waals surface area contributed by atoms with E-state index in [9.17, 15) is 13.2 Å². The summed E-state index contributed by atoms with van der Waals surface area (Å²) in [6, 6.07) is 6.63. The molecule has 0 saturated carbocycles. The van der Waals surface area contributed by atoms with Gasteiger partial charge in [-0.3, -0.25) is 0 Å². The molecule has 108 valence electrons. The Morgan fingerprint density at radius 2 is 2.00 bits per heavy atom. The van der Waals surface area contributed by atoms with Gasteiger partial charge < -0.3 is 10.1 Å². The first kappa shape index (κ1) is 14.4. The van der Waals surface area contributed by atoms with Gasteiger partial charge in [0, 0.05) is 12.4 Å². The van der Waals surface area contributed by atoms with Gasteiger partial charge in [-0.15, -0.1) is 0 Å². The summed E-state index contributed by atoms with van der Waals surface area (Å²) < 4.78 is 41.1. The van der Waals surface area contributed by atoms with E-state index in [2.05, 4.69) is 10.3 Å². The average molecular weight is 284 g/mol. The highest BCUT2D eigenvalue weighted by Gasteiger charge is 2.28. The van der Waals surface area contributed by atoms with Crippen LogP contribution in [0.2, 0.25) is 0 Å². The predicted molar refractivity (Wildman–Crippen MR) is 72.2 cm³/mol. The summed E-state index contributed by atoms with van der Waals surface area (Å²) in [6.45, 7) is 0.703. The zero-order chi connectivity index (χ0) is 14.8. The van der Waals surface area contributed by atoms with Gasteiger partial charge in [-0.2, -0.15) is 13.2 Å². The minimum Gasteiger partial charge on any atom is -0.484 e. The van der Waals surface area contributed by atoms with Gasteiger partial charge in [0.2, 0.25) is 0 Å². The normalized spacial score (nSPS) is 11.7. The van der Waals surface area contributed by atoms with E-state index >= 15 is 0 Å². The number of benzene rings is 1. The molecule has 2 aromatic rings. The number of alkyl halides is 3. The largest absolute Gasteiger partial charge is 0.484 e. The third kappa shape index (κ3) is 3.31. The summed E-state index contributed by atoms with van der Waals surface area (Å²) in [5.41, 5.74) is 1.72. The molecule has 0 fully saturated rings. The summed E-state index contributed by atoms with van der Waals surface area (Å²) in [5, 5.41) is 3.77. The highest BCUT2D eigenvalue weighted by Crippen LogP contribution is 2.26. The monoisotopic (exact) mass is 284 g/mol. The van der Waals surface area contributed by atoms with Crippen LogP contribution in [0.5, 0.6) is 5.75 Å². The third-order valence-electron chi connectivity index (χ3n) is 2.89. The highest BCUT2D eigenvalue weighted by atomic mass is 19.4. The van der Waals surface area contributed by atoms with E-state index in [0.29, 0.717) is 5.52 Å². The molecule has 6 heteroatoms. The fraction of sp³-hybridized carbons (Fsp3) is 0.357. The van der Waals surface area contributed by atoms with Crippen molar-refractivity contribution in [2.45, 2.75) is 19.5 Å². The second-order valence-corrected chi connectivity index (χ2v) is 4.36. The fourth-order valence-electron chi connectivity index (χ4n) is 1.94. The van der Waals surface area contributed by atoms with Crippen LogP contribution in [0.4, 0.5) is 19.0 Å². The molecule has 0 aliphatic heterocycles. The van der Waals surface area contributed by atoms with Crippen molar-refractivity contribution in [3.63, 3.8) is 0 Å². The molecular weight excluding hydrogens is 269 g/mol. The standard InChI is InChI=1S/C14H15F3N2O/c1-3-9-6-10-7-11(20-8-14(15,16)17)4-5-12(10)19-13(9)18-2/h4-7H,3,8H2,1-2H3,(H,18,19). The van der Waals surface area contributed by atoms with Crippen LogP contribution in [0.3, 0.4) is 0 Å². The molecule has 1 aromatic carbocycles. The number of hydrogen-bond acceptors (Lipinski definition) is 3. The Morgan fingerprint density at radius 1 is 1.25 bits per heavy atom. The number of nitrogens with one attached hydrogen (secondary N) is 1. The second kappa shape index (κ2) is 5.56. The van der Waals surface area contributed by atoms with Gasteiger partial charge >= 0.3 is 6.18 Å². The molecule has 0 aliphatic rings. The van der Waals surface area contributed by atoms with E-state index in [4.69, 9.17) is 4.74 Å². The Labute approximate surface area is 114 Å². The van der Waals surface area contributed by atoms with E-state index in [1.807, 2.05) is 13.0 Å². The molecule has 0 radical (unpaired) electrons. The Hall–Kier alpha value is -1.98. The molecule has 0 aliphatic carbocycles. The lowest BCUT2D eigenvalue weighted by Crippen LogP contribution is -2.19. The van der Waals surface area contributed by atoms with Gasteiger partial charge in [-0.25, -0.2) is 4.98 Å². The van der Waals surface area contributed by atoms with E-state index in [0.717, 1.165) is 23.2 Å². The maximum absolute atomic E-state index is 12.1. The zero-order valence-electron chi connectivity index (χ0n) is 11.2. The first-order chi connectivity index (χ1) is 9.43. The van der Waals surface area contributed by atoms with Crippen molar-refractivity contribution in [2.24, 2.45) is 0 Å². The molecule has 0 amide bonds. The van der Waals surface area contributed by atoms with Gasteiger partial charge in [0.05, 0.1) is 5.52 Å². The van der Waals surface area contributed by atoms with E-state index in [1.54, 1.807) is 19.2 Å². The van der Waals surface area contributed by atoms with Crippen molar-refractivity contribution in [3.8, 4) is 5.75 Å². The lowest BCUT2D eigenvalue weighted by molar-refractivity contribution is -0.153. The lowest BCUT2D eigenvalue weighted by Gasteiger charge is -2.11. The van der Waals surface area contributed by atoms with Crippen molar-refractivity contribution >= 4 is 16.7 Å². The number of rotatable bonds is 4. The maximum Gasteiger partial charge on any atom is 0.422 e. The minimum atomic E-state index is -4.34. The average Bonchev–Trinajstić information content (AvgIpc) is 2.42.